The second-order valence-corrected chi connectivity index (χ2v) is 3.46. The summed E-state index contributed by atoms with van der Waals surface area (Å²) >= 11 is 0. The van der Waals surface area contributed by atoms with E-state index in [1.807, 2.05) is 0 Å². The molecule has 0 unspecified atom stereocenters. The van der Waals surface area contributed by atoms with Gasteiger partial charge in [0.1, 0.15) is 5.69 Å². The summed E-state index contributed by atoms with van der Waals surface area (Å²) in [6.07, 6.45) is 3.36. The summed E-state index contributed by atoms with van der Waals surface area (Å²) in [6.45, 7) is 0. The summed E-state index contributed by atoms with van der Waals surface area (Å²) in [4.78, 5) is 15.7. The first-order chi connectivity index (χ1) is 7.65. The molecule has 6 nitrogen and oxygen atoms in total. The number of carbonyl (C=O) groups is 1. The smallest absolute Gasteiger partial charge is 0.187 e. The van der Waals surface area contributed by atoms with E-state index >= 15 is 0 Å². The Hall–Kier alpha value is -2.24. The molecule has 6 heteroatoms. The van der Waals surface area contributed by atoms with Crippen molar-refractivity contribution in [2.45, 2.75) is 6.42 Å². The lowest BCUT2D eigenvalue weighted by atomic mass is 10.1. The Kier molecular flexibility index (Phi) is 2.63. The van der Waals surface area contributed by atoms with Crippen molar-refractivity contribution < 1.29 is 4.79 Å². The summed E-state index contributed by atoms with van der Waals surface area (Å²) in [5.74, 6) is -0.0968. The van der Waals surface area contributed by atoms with Crippen LogP contribution in [0.3, 0.4) is 0 Å². The summed E-state index contributed by atoms with van der Waals surface area (Å²) < 4.78 is 1.55. The molecule has 2 heterocycles. The topological polar surface area (TPSA) is 86.7 Å². The predicted molar refractivity (Wildman–Crippen MR) is 57.7 cm³/mol. The van der Waals surface area contributed by atoms with Crippen LogP contribution in [-0.2, 0) is 13.5 Å². The highest BCUT2D eigenvalue weighted by molar-refractivity contribution is 5.95. The zero-order valence-electron chi connectivity index (χ0n) is 8.79. The zero-order chi connectivity index (χ0) is 11.5. The third-order valence-corrected chi connectivity index (χ3v) is 2.06. The fourth-order valence-electron chi connectivity index (χ4n) is 1.30. The molecule has 82 valence electrons. The van der Waals surface area contributed by atoms with E-state index in [2.05, 4.69) is 15.3 Å². The first-order valence-corrected chi connectivity index (χ1v) is 4.75. The lowest BCUT2D eigenvalue weighted by Crippen LogP contribution is -2.06. The van der Waals surface area contributed by atoms with E-state index in [0.29, 0.717) is 17.1 Å². The number of rotatable bonds is 3. The van der Waals surface area contributed by atoms with Crippen molar-refractivity contribution in [2.24, 2.45) is 7.05 Å². The van der Waals surface area contributed by atoms with Gasteiger partial charge in [0.25, 0.3) is 0 Å². The van der Waals surface area contributed by atoms with Crippen LogP contribution in [0.1, 0.15) is 16.2 Å². The average molecular weight is 217 g/mol. The van der Waals surface area contributed by atoms with Crippen LogP contribution in [0.5, 0.6) is 0 Å². The maximum Gasteiger partial charge on any atom is 0.187 e. The van der Waals surface area contributed by atoms with Crippen molar-refractivity contribution in [3.8, 4) is 0 Å². The molecule has 2 aromatic rings. The molecule has 2 rings (SSSR count). The van der Waals surface area contributed by atoms with Crippen molar-refractivity contribution in [2.75, 3.05) is 5.73 Å². The average Bonchev–Trinajstić information content (AvgIpc) is 2.65. The van der Waals surface area contributed by atoms with Gasteiger partial charge in [0.05, 0.1) is 24.0 Å². The Morgan fingerprint density at radius 1 is 1.50 bits per heavy atom. The molecule has 0 radical (unpaired) electrons. The van der Waals surface area contributed by atoms with Gasteiger partial charge in [-0.05, 0) is 12.1 Å². The number of carbonyl (C=O) groups excluding carboxylic acids is 1. The standard InChI is InChI=1S/C10H11N5O/c1-15-6-8(13-14-15)4-10(16)9-3-2-7(11)5-12-9/h2-3,5-6H,4,11H2,1H3. The molecule has 0 spiro atoms. The lowest BCUT2D eigenvalue weighted by Gasteiger charge is -1.97. The van der Waals surface area contributed by atoms with E-state index in [1.165, 1.54) is 6.20 Å². The number of hydrogen-bond donors (Lipinski definition) is 1. The molecular weight excluding hydrogens is 206 g/mol. The van der Waals surface area contributed by atoms with Crippen LogP contribution in [0.2, 0.25) is 0 Å². The Morgan fingerprint density at radius 2 is 2.31 bits per heavy atom. The molecule has 0 aromatic carbocycles. The third-order valence-electron chi connectivity index (χ3n) is 2.06. The molecule has 0 aliphatic carbocycles. The number of pyridine rings is 1. The quantitative estimate of drug-likeness (QED) is 0.743. The summed E-state index contributed by atoms with van der Waals surface area (Å²) in [7, 11) is 1.75. The number of hydrogen-bond acceptors (Lipinski definition) is 5. The number of nitrogens with zero attached hydrogens (tertiary/aromatic N) is 4. The van der Waals surface area contributed by atoms with Crippen LogP contribution in [0.15, 0.2) is 24.5 Å². The highest BCUT2D eigenvalue weighted by Gasteiger charge is 2.10. The molecule has 2 aromatic heterocycles. The van der Waals surface area contributed by atoms with Crippen molar-refractivity contribution in [1.29, 1.82) is 0 Å². The molecular formula is C10H11N5O. The highest BCUT2D eigenvalue weighted by Crippen LogP contribution is 2.05. The number of aromatic nitrogens is 4. The molecule has 0 saturated heterocycles. The van der Waals surface area contributed by atoms with E-state index < -0.39 is 0 Å². The molecule has 0 fully saturated rings. The number of anilines is 1. The minimum Gasteiger partial charge on any atom is -0.397 e. The molecule has 0 aliphatic rings. The van der Waals surface area contributed by atoms with Crippen molar-refractivity contribution in [3.05, 3.63) is 35.9 Å². The SMILES string of the molecule is Cn1cc(CC(=O)c2ccc(N)cn2)nn1. The van der Waals surface area contributed by atoms with E-state index in [4.69, 9.17) is 5.73 Å². The van der Waals surface area contributed by atoms with Crippen molar-refractivity contribution in [1.82, 2.24) is 20.0 Å². The van der Waals surface area contributed by atoms with Gasteiger partial charge in [-0.15, -0.1) is 5.10 Å². The lowest BCUT2D eigenvalue weighted by molar-refractivity contribution is 0.0987. The number of aryl methyl sites for hydroxylation is 1. The van der Waals surface area contributed by atoms with Crippen LogP contribution in [0, 0.1) is 0 Å². The fraction of sp³-hybridized carbons (Fsp3) is 0.200. The van der Waals surface area contributed by atoms with Crippen LogP contribution >= 0.6 is 0 Å². The summed E-state index contributed by atoms with van der Waals surface area (Å²) in [5, 5.41) is 7.59. The van der Waals surface area contributed by atoms with Crippen molar-refractivity contribution >= 4 is 11.5 Å². The van der Waals surface area contributed by atoms with Gasteiger partial charge in [-0.25, -0.2) is 0 Å². The number of ketones is 1. The first-order valence-electron chi connectivity index (χ1n) is 4.75. The van der Waals surface area contributed by atoms with Crippen LogP contribution in [0.25, 0.3) is 0 Å². The molecule has 0 aliphatic heterocycles. The predicted octanol–water partition coefficient (Wildman–Crippen LogP) is 0.218. The van der Waals surface area contributed by atoms with Gasteiger partial charge in [0, 0.05) is 13.2 Å². The van der Waals surface area contributed by atoms with Gasteiger partial charge < -0.3 is 5.73 Å². The van der Waals surface area contributed by atoms with Gasteiger partial charge in [0.2, 0.25) is 0 Å². The monoisotopic (exact) mass is 217 g/mol. The van der Waals surface area contributed by atoms with Gasteiger partial charge in [-0.2, -0.15) is 0 Å². The number of Topliss-reactive ketones (excluding diaryl/α,β-unsaturated/α-hetero) is 1. The van der Waals surface area contributed by atoms with E-state index in [1.54, 1.807) is 30.1 Å². The van der Waals surface area contributed by atoms with E-state index in [-0.39, 0.29) is 12.2 Å². The molecule has 0 saturated carbocycles. The molecule has 0 atom stereocenters. The Bertz CT molecular complexity index is 502. The Labute approximate surface area is 92.1 Å². The van der Waals surface area contributed by atoms with Gasteiger partial charge in [0.15, 0.2) is 5.78 Å². The summed E-state index contributed by atoms with van der Waals surface area (Å²) in [5.41, 5.74) is 7.04. The minimum absolute atomic E-state index is 0.0968. The van der Waals surface area contributed by atoms with Gasteiger partial charge in [-0.3, -0.25) is 14.5 Å². The zero-order valence-corrected chi connectivity index (χ0v) is 8.79. The minimum atomic E-state index is -0.0968. The molecule has 16 heavy (non-hydrogen) atoms. The first kappa shape index (κ1) is 10.3. The summed E-state index contributed by atoms with van der Waals surface area (Å²) in [6, 6.07) is 3.25. The van der Waals surface area contributed by atoms with Crippen LogP contribution < -0.4 is 5.73 Å². The largest absolute Gasteiger partial charge is 0.397 e. The van der Waals surface area contributed by atoms with E-state index in [0.717, 1.165) is 0 Å². The maximum atomic E-state index is 11.8. The van der Waals surface area contributed by atoms with E-state index in [9.17, 15) is 4.79 Å². The molecule has 0 amide bonds. The number of nitrogen functional groups attached to an aromatic ring is 1. The second kappa shape index (κ2) is 4.09. The van der Waals surface area contributed by atoms with Crippen LogP contribution in [0.4, 0.5) is 5.69 Å². The fourth-order valence-corrected chi connectivity index (χ4v) is 1.30. The Morgan fingerprint density at radius 3 is 2.88 bits per heavy atom. The Balaban J connectivity index is 2.11. The van der Waals surface area contributed by atoms with Gasteiger partial charge in [-0.1, -0.05) is 5.21 Å². The normalized spacial score (nSPS) is 10.3. The number of nitrogens with two attached hydrogens (primary N) is 1. The van der Waals surface area contributed by atoms with Crippen molar-refractivity contribution in [3.63, 3.8) is 0 Å². The van der Waals surface area contributed by atoms with Gasteiger partial charge >= 0.3 is 0 Å². The van der Waals surface area contributed by atoms with Crippen LogP contribution in [-0.4, -0.2) is 25.8 Å². The third kappa shape index (κ3) is 2.22. The molecule has 0 bridgehead atoms. The molecule has 2 N–H and O–H groups in total. The second-order valence-electron chi connectivity index (χ2n) is 3.46. The maximum absolute atomic E-state index is 11.8. The highest BCUT2D eigenvalue weighted by atomic mass is 16.1.